The summed E-state index contributed by atoms with van der Waals surface area (Å²) in [5, 5.41) is 9.15. The van der Waals surface area contributed by atoms with Crippen LogP contribution in [0, 0.1) is 0 Å². The van der Waals surface area contributed by atoms with Gasteiger partial charge in [-0.1, -0.05) is 13.2 Å². The van der Waals surface area contributed by atoms with Gasteiger partial charge < -0.3 is 31.0 Å². The van der Waals surface area contributed by atoms with Crippen molar-refractivity contribution in [3.05, 3.63) is 24.6 Å². The first kappa shape index (κ1) is 18.9. The molecule has 0 aliphatic carbocycles. The highest BCUT2D eigenvalue weighted by Gasteiger charge is 2.51. The van der Waals surface area contributed by atoms with Gasteiger partial charge in [0, 0.05) is 28.4 Å². The van der Waals surface area contributed by atoms with Crippen LogP contribution in [0.1, 0.15) is 0 Å². The summed E-state index contributed by atoms with van der Waals surface area (Å²) in [5.41, 5.74) is 2.88. The first-order valence-electron chi connectivity index (χ1n) is 5.33. The van der Waals surface area contributed by atoms with Gasteiger partial charge in [0.05, 0.1) is 6.23 Å². The molecule has 1 N–H and O–H groups in total. The quantitative estimate of drug-likeness (QED) is 0.534. The van der Waals surface area contributed by atoms with Gasteiger partial charge in [0.1, 0.15) is 0 Å². The van der Waals surface area contributed by atoms with E-state index >= 15 is 0 Å². The number of hydrogen-bond acceptors (Lipinski definition) is 7. The molecule has 0 amide bonds. The van der Waals surface area contributed by atoms with Gasteiger partial charge in [-0.05, 0) is 11.4 Å². The topological polar surface area (TPSA) is 75.6 Å². The summed E-state index contributed by atoms with van der Waals surface area (Å²) in [6.07, 6.45) is -0.251. The predicted octanol–water partition coefficient (Wildman–Crippen LogP) is -0.0469. The summed E-state index contributed by atoms with van der Waals surface area (Å²) in [5.74, 6) is 0. The van der Waals surface area contributed by atoms with E-state index in [1.807, 2.05) is 0 Å². The minimum atomic E-state index is -3.28. The number of aliphatic hydroxyl groups excluding tert-OH is 1. The van der Waals surface area contributed by atoms with Crippen molar-refractivity contribution < 1.29 is 31.0 Å². The van der Waals surface area contributed by atoms with Crippen molar-refractivity contribution in [1.29, 1.82) is 0 Å². The Kier molecular flexibility index (Phi) is 8.84. The second-order valence-electron chi connectivity index (χ2n) is 3.17. The van der Waals surface area contributed by atoms with E-state index in [1.165, 1.54) is 39.8 Å². The second kappa shape index (κ2) is 8.91. The van der Waals surface area contributed by atoms with E-state index in [9.17, 15) is 0 Å². The monoisotopic (exact) mass is 325 g/mol. The molecule has 0 aromatic heterocycles. The highest BCUT2D eigenvalue weighted by molar-refractivity contribution is 6.82. The maximum atomic E-state index is 9.15. The Labute approximate surface area is 117 Å². The molecule has 0 rings (SSSR count). The van der Waals surface area contributed by atoms with E-state index < -0.39 is 26.9 Å². The molecule has 1 radical (unpaired) electrons. The number of rotatable bonds is 11. The van der Waals surface area contributed by atoms with Crippen molar-refractivity contribution in [2.45, 2.75) is 0 Å². The Bertz CT molecular complexity index is 283. The molecule has 0 aliphatic rings. The first-order valence-corrected chi connectivity index (χ1v) is 10.5. The van der Waals surface area contributed by atoms with Crippen LogP contribution in [0.3, 0.4) is 0 Å². The van der Waals surface area contributed by atoms with Gasteiger partial charge in [0.25, 0.3) is 0 Å². The molecule has 0 saturated heterocycles. The normalized spacial score (nSPS) is 15.3. The van der Waals surface area contributed by atoms with Gasteiger partial charge in [0.15, 0.2) is 0 Å². The van der Waals surface area contributed by atoms with Crippen LogP contribution in [0.2, 0.25) is 0 Å². The molecule has 7 nitrogen and oxygen atoms in total. The van der Waals surface area contributed by atoms with Crippen LogP contribution in [0.4, 0.5) is 0 Å². The Morgan fingerprint density at radius 2 is 1.47 bits per heavy atom. The van der Waals surface area contributed by atoms with Crippen molar-refractivity contribution in [2.75, 3.05) is 34.7 Å². The Hall–Kier alpha value is -0.149. The van der Waals surface area contributed by atoms with Gasteiger partial charge in [0.2, 0.25) is 0 Å². The lowest BCUT2D eigenvalue weighted by Crippen LogP contribution is -2.58. The van der Waals surface area contributed by atoms with Gasteiger partial charge in [-0.3, -0.25) is 0 Å². The molecule has 0 aromatic rings. The third-order valence-electron chi connectivity index (χ3n) is 2.25. The van der Waals surface area contributed by atoms with Gasteiger partial charge >= 0.3 is 26.9 Å². The maximum absolute atomic E-state index is 9.15. The predicted molar refractivity (Wildman–Crippen MR) is 74.9 cm³/mol. The van der Waals surface area contributed by atoms with Gasteiger partial charge in [-0.25, -0.2) is 0 Å². The molecule has 19 heavy (non-hydrogen) atoms. The molecule has 0 heterocycles. The van der Waals surface area contributed by atoms with E-state index in [4.69, 9.17) is 31.0 Å². The van der Waals surface area contributed by atoms with Crippen molar-refractivity contribution in [3.8, 4) is 0 Å². The third-order valence-corrected chi connectivity index (χ3v) is 10.00. The van der Waals surface area contributed by atoms with Crippen molar-refractivity contribution in [2.24, 2.45) is 0 Å². The summed E-state index contributed by atoms with van der Waals surface area (Å²) in [6, 6.07) is 0. The molecule has 111 valence electrons. The lowest BCUT2D eigenvalue weighted by Gasteiger charge is -2.34. The van der Waals surface area contributed by atoms with Crippen molar-refractivity contribution in [1.82, 2.24) is 0 Å². The fourth-order valence-electron chi connectivity index (χ4n) is 1.14. The largest absolute Gasteiger partial charge is 0.521 e. The molecule has 0 aliphatic heterocycles. The van der Waals surface area contributed by atoms with E-state index in [1.54, 1.807) is 0 Å². The molecule has 0 bridgehead atoms. The zero-order chi connectivity index (χ0) is 14.9. The Morgan fingerprint density at radius 3 is 1.74 bits per heavy atom. The van der Waals surface area contributed by atoms with Crippen LogP contribution in [0.25, 0.3) is 0 Å². The number of hydrogen-bond donors (Lipinski definition) is 1. The number of aliphatic hydroxyl groups is 1. The van der Waals surface area contributed by atoms with Gasteiger partial charge in [-0.2, -0.15) is 0 Å². The fourth-order valence-corrected chi connectivity index (χ4v) is 8.26. The third kappa shape index (κ3) is 5.03. The average molecular weight is 326 g/mol. The molecule has 0 saturated carbocycles. The zero-order valence-corrected chi connectivity index (χ0v) is 14.7. The van der Waals surface area contributed by atoms with E-state index in [0.717, 1.165) is 0 Å². The minimum absolute atomic E-state index is 0.251. The summed E-state index contributed by atoms with van der Waals surface area (Å²) >= 11 is 0. The highest BCUT2D eigenvalue weighted by Crippen LogP contribution is 2.20. The van der Waals surface area contributed by atoms with Crippen LogP contribution < -0.4 is 0 Å². The van der Waals surface area contributed by atoms with Crippen LogP contribution in [-0.4, -0.2) is 66.7 Å². The van der Waals surface area contributed by atoms with Gasteiger partial charge in [-0.15, -0.1) is 0 Å². The lowest BCUT2D eigenvalue weighted by molar-refractivity contribution is 0.113. The standard InChI is InChI=1S/C9H21O7Si3/c1-7-18(12-4,13-5)16-19(8-2,14-6)15-17(9-10)11-3/h7-8,10H,1-2,9H2,3-6H3. The molecule has 10 heteroatoms. The first-order chi connectivity index (χ1) is 9.00. The van der Waals surface area contributed by atoms with E-state index in [0.29, 0.717) is 0 Å². The Balaban J connectivity index is 5.17. The molecule has 0 spiro atoms. The highest BCUT2D eigenvalue weighted by atomic mass is 28.5. The summed E-state index contributed by atoms with van der Waals surface area (Å²) in [7, 11) is -2.55. The van der Waals surface area contributed by atoms with E-state index in [-0.39, 0.29) is 6.23 Å². The molecular weight excluding hydrogens is 304 g/mol. The molecule has 0 fully saturated rings. The molecular formula is C9H21O7Si3. The molecule has 0 aromatic carbocycles. The molecule has 1 atom stereocenters. The lowest BCUT2D eigenvalue weighted by atomic mass is 11.3. The summed E-state index contributed by atoms with van der Waals surface area (Å²) in [4.78, 5) is 0. The average Bonchev–Trinajstić information content (AvgIpc) is 2.49. The zero-order valence-electron chi connectivity index (χ0n) is 11.7. The van der Waals surface area contributed by atoms with Crippen molar-refractivity contribution in [3.63, 3.8) is 0 Å². The van der Waals surface area contributed by atoms with Crippen LogP contribution in [-0.2, 0) is 25.9 Å². The van der Waals surface area contributed by atoms with Crippen LogP contribution in [0.15, 0.2) is 24.6 Å². The minimum Gasteiger partial charge on any atom is -0.396 e. The fraction of sp³-hybridized carbons (Fsp3) is 0.556. The Morgan fingerprint density at radius 1 is 1.00 bits per heavy atom. The molecule has 1 unspecified atom stereocenters. The SMILES string of the molecule is C=C[Si](OC)(OC)O[Si](C=C)(OC)O[Si](CO)OC. The van der Waals surface area contributed by atoms with Crippen LogP contribution >= 0.6 is 0 Å². The smallest absolute Gasteiger partial charge is 0.396 e. The summed E-state index contributed by atoms with van der Waals surface area (Å²) in [6.45, 7) is 7.29. The maximum Gasteiger partial charge on any atom is 0.521 e. The van der Waals surface area contributed by atoms with Crippen LogP contribution in [0.5, 0.6) is 0 Å². The second-order valence-corrected chi connectivity index (χ2v) is 10.7. The summed E-state index contributed by atoms with van der Waals surface area (Å²) < 4.78 is 32.3. The van der Waals surface area contributed by atoms with E-state index in [2.05, 4.69) is 13.2 Å². The van der Waals surface area contributed by atoms with Crippen molar-refractivity contribution >= 4 is 26.9 Å².